The van der Waals surface area contributed by atoms with Crippen molar-refractivity contribution in [3.05, 3.63) is 23.4 Å². The first-order valence-corrected chi connectivity index (χ1v) is 7.91. The van der Waals surface area contributed by atoms with E-state index in [1.165, 1.54) is 18.0 Å². The number of thioether (sulfide) groups is 1. The molecule has 1 aliphatic heterocycles. The number of nitrogens with zero attached hydrogens (tertiary/aromatic N) is 2. The molecule has 1 aliphatic rings. The molecule has 2 N–H and O–H groups in total. The third kappa shape index (κ3) is 3.79. The molecule has 0 saturated carbocycles. The number of rotatable bonds is 5. The molecule has 1 saturated heterocycles. The summed E-state index contributed by atoms with van der Waals surface area (Å²) in [6.07, 6.45) is 1.94. The lowest BCUT2D eigenvalue weighted by atomic mass is 9.99. The van der Waals surface area contributed by atoms with E-state index in [2.05, 4.69) is 10.3 Å². The van der Waals surface area contributed by atoms with Crippen LogP contribution in [0.4, 0.5) is 5.82 Å². The molecule has 1 unspecified atom stereocenters. The summed E-state index contributed by atoms with van der Waals surface area (Å²) in [6.45, 7) is 0.0360. The maximum Gasteiger partial charge on any atom is 0.330 e. The Bertz CT molecular complexity index is 532. The Labute approximate surface area is 131 Å². The number of pyridine rings is 1. The van der Waals surface area contributed by atoms with Crippen molar-refractivity contribution in [2.24, 2.45) is 0 Å². The van der Waals surface area contributed by atoms with Crippen molar-refractivity contribution in [2.75, 3.05) is 30.0 Å². The average molecular weight is 330 g/mol. The first kappa shape index (κ1) is 15.9. The fraction of sp³-hybridized carbons (Fsp3) is 0.462. The number of halogens is 1. The number of carboxylic acids is 1. The van der Waals surface area contributed by atoms with Gasteiger partial charge in [0.2, 0.25) is 5.91 Å². The Kier molecular flexibility index (Phi) is 4.95. The molecule has 21 heavy (non-hydrogen) atoms. The first-order valence-electron chi connectivity index (χ1n) is 6.38. The molecule has 8 heteroatoms. The van der Waals surface area contributed by atoms with Crippen LogP contribution in [0, 0.1) is 0 Å². The number of aromatic nitrogens is 1. The van der Waals surface area contributed by atoms with Crippen LogP contribution in [0.25, 0.3) is 0 Å². The van der Waals surface area contributed by atoms with Crippen molar-refractivity contribution in [3.8, 4) is 0 Å². The average Bonchev–Trinajstić information content (AvgIpc) is 2.89. The van der Waals surface area contributed by atoms with Crippen LogP contribution >= 0.6 is 23.4 Å². The monoisotopic (exact) mass is 329 g/mol. The third-order valence-electron chi connectivity index (χ3n) is 3.29. The van der Waals surface area contributed by atoms with E-state index in [9.17, 15) is 14.7 Å². The van der Waals surface area contributed by atoms with E-state index in [-0.39, 0.29) is 12.5 Å². The van der Waals surface area contributed by atoms with E-state index in [1.807, 2.05) is 0 Å². The SMILES string of the molecule is CN(CC(=O)NC1(C(=O)O)CCSC1)c1ccc(Cl)cn1. The second-order valence-electron chi connectivity index (χ2n) is 4.93. The van der Waals surface area contributed by atoms with E-state index in [1.54, 1.807) is 24.1 Å². The fourth-order valence-electron chi connectivity index (χ4n) is 2.08. The second-order valence-corrected chi connectivity index (χ2v) is 6.47. The number of anilines is 1. The van der Waals surface area contributed by atoms with Crippen LogP contribution in [-0.2, 0) is 9.59 Å². The molecular formula is C13H16ClN3O3S. The van der Waals surface area contributed by atoms with E-state index >= 15 is 0 Å². The van der Waals surface area contributed by atoms with Crippen molar-refractivity contribution in [1.29, 1.82) is 0 Å². The Morgan fingerprint density at radius 2 is 2.33 bits per heavy atom. The lowest BCUT2D eigenvalue weighted by Gasteiger charge is -2.26. The topological polar surface area (TPSA) is 82.5 Å². The van der Waals surface area contributed by atoms with Gasteiger partial charge in [0.1, 0.15) is 11.4 Å². The Hall–Kier alpha value is -1.47. The van der Waals surface area contributed by atoms with Gasteiger partial charge in [0.15, 0.2) is 0 Å². The van der Waals surface area contributed by atoms with Crippen molar-refractivity contribution in [3.63, 3.8) is 0 Å². The fourth-order valence-corrected chi connectivity index (χ4v) is 3.52. The maximum absolute atomic E-state index is 12.1. The van der Waals surface area contributed by atoms with Gasteiger partial charge in [-0.3, -0.25) is 4.79 Å². The molecule has 0 bridgehead atoms. The minimum Gasteiger partial charge on any atom is -0.479 e. The number of carboxylic acid groups (broad SMARTS) is 1. The van der Waals surface area contributed by atoms with Crippen LogP contribution in [0.15, 0.2) is 18.3 Å². The molecule has 0 radical (unpaired) electrons. The van der Waals surface area contributed by atoms with E-state index in [0.29, 0.717) is 23.0 Å². The van der Waals surface area contributed by atoms with Gasteiger partial charge in [-0.2, -0.15) is 11.8 Å². The van der Waals surface area contributed by atoms with Crippen LogP contribution in [0.3, 0.4) is 0 Å². The van der Waals surface area contributed by atoms with Crippen molar-refractivity contribution < 1.29 is 14.7 Å². The smallest absolute Gasteiger partial charge is 0.330 e. The van der Waals surface area contributed by atoms with E-state index in [0.717, 1.165) is 5.75 Å². The largest absolute Gasteiger partial charge is 0.479 e. The highest BCUT2D eigenvalue weighted by Crippen LogP contribution is 2.28. The van der Waals surface area contributed by atoms with Crippen molar-refractivity contribution >= 4 is 41.1 Å². The van der Waals surface area contributed by atoms with Crippen molar-refractivity contribution in [2.45, 2.75) is 12.0 Å². The first-order chi connectivity index (χ1) is 9.93. The van der Waals surface area contributed by atoms with Crippen molar-refractivity contribution in [1.82, 2.24) is 10.3 Å². The summed E-state index contributed by atoms with van der Waals surface area (Å²) in [6, 6.07) is 3.39. The molecule has 1 aromatic heterocycles. The predicted octanol–water partition coefficient (Wildman–Crippen LogP) is 1.25. The molecule has 1 fully saturated rings. The lowest BCUT2D eigenvalue weighted by molar-refractivity contribution is -0.146. The van der Waals surface area contributed by atoms with Gasteiger partial charge in [0.05, 0.1) is 11.6 Å². The Balaban J connectivity index is 1.97. The summed E-state index contributed by atoms with van der Waals surface area (Å²) in [5.74, 6) is 0.421. The minimum atomic E-state index is -1.14. The molecule has 1 atom stereocenters. The third-order valence-corrected chi connectivity index (χ3v) is 4.71. The molecule has 0 aromatic carbocycles. The molecule has 6 nitrogen and oxygen atoms in total. The molecule has 2 rings (SSSR count). The molecule has 0 aliphatic carbocycles. The van der Waals surface area contributed by atoms with Gasteiger partial charge >= 0.3 is 5.97 Å². The van der Waals surface area contributed by atoms with Gasteiger partial charge in [-0.25, -0.2) is 9.78 Å². The number of carbonyl (C=O) groups is 2. The maximum atomic E-state index is 12.1. The zero-order valence-electron chi connectivity index (χ0n) is 11.5. The highest BCUT2D eigenvalue weighted by atomic mass is 35.5. The Morgan fingerprint density at radius 1 is 1.57 bits per heavy atom. The zero-order chi connectivity index (χ0) is 15.5. The van der Waals surface area contributed by atoms with Crippen LogP contribution in [0.1, 0.15) is 6.42 Å². The summed E-state index contributed by atoms with van der Waals surface area (Å²) in [7, 11) is 1.71. The van der Waals surface area contributed by atoms with Gasteiger partial charge in [-0.1, -0.05) is 11.6 Å². The Morgan fingerprint density at radius 3 is 2.86 bits per heavy atom. The van der Waals surface area contributed by atoms with Crippen LogP contribution < -0.4 is 10.2 Å². The number of carbonyl (C=O) groups excluding carboxylic acids is 1. The number of likely N-dealkylation sites (N-methyl/N-ethyl adjacent to an activating group) is 1. The molecule has 0 spiro atoms. The summed E-state index contributed by atoms with van der Waals surface area (Å²) >= 11 is 7.29. The van der Waals surface area contributed by atoms with Gasteiger partial charge in [-0.05, 0) is 24.3 Å². The summed E-state index contributed by atoms with van der Waals surface area (Å²) in [4.78, 5) is 29.2. The minimum absolute atomic E-state index is 0.0360. The number of hydrogen-bond acceptors (Lipinski definition) is 5. The number of amides is 1. The van der Waals surface area contributed by atoms with E-state index < -0.39 is 11.5 Å². The molecule has 2 heterocycles. The highest BCUT2D eigenvalue weighted by Gasteiger charge is 2.43. The van der Waals surface area contributed by atoms with Gasteiger partial charge < -0.3 is 15.3 Å². The zero-order valence-corrected chi connectivity index (χ0v) is 13.1. The summed E-state index contributed by atoms with van der Waals surface area (Å²) in [5.41, 5.74) is -1.14. The number of nitrogens with one attached hydrogen (secondary N) is 1. The van der Waals surface area contributed by atoms with Gasteiger partial charge in [-0.15, -0.1) is 0 Å². The number of aliphatic carboxylic acids is 1. The quantitative estimate of drug-likeness (QED) is 0.846. The molecule has 1 amide bonds. The molecular weight excluding hydrogens is 314 g/mol. The predicted molar refractivity (Wildman–Crippen MR) is 83.0 cm³/mol. The van der Waals surface area contributed by atoms with E-state index in [4.69, 9.17) is 11.6 Å². The molecule has 114 valence electrons. The normalized spacial score (nSPS) is 21.0. The summed E-state index contributed by atoms with van der Waals surface area (Å²) in [5, 5.41) is 12.5. The highest BCUT2D eigenvalue weighted by molar-refractivity contribution is 7.99. The second kappa shape index (κ2) is 6.53. The van der Waals surface area contributed by atoms with Gasteiger partial charge in [0, 0.05) is 19.0 Å². The van der Waals surface area contributed by atoms with Crippen LogP contribution in [-0.4, -0.2) is 52.6 Å². The van der Waals surface area contributed by atoms with Gasteiger partial charge in [0.25, 0.3) is 0 Å². The standard InChI is InChI=1S/C13H16ClN3O3S/c1-17(10-3-2-9(14)6-15-10)7-11(18)16-13(12(19)20)4-5-21-8-13/h2-3,6H,4-5,7-8H2,1H3,(H,16,18)(H,19,20). The van der Waals surface area contributed by atoms with Crippen LogP contribution in [0.5, 0.6) is 0 Å². The summed E-state index contributed by atoms with van der Waals surface area (Å²) < 4.78 is 0. The van der Waals surface area contributed by atoms with Crippen LogP contribution in [0.2, 0.25) is 5.02 Å². The number of hydrogen-bond donors (Lipinski definition) is 2. The molecule has 1 aromatic rings. The lowest BCUT2D eigenvalue weighted by Crippen LogP contribution is -2.56.